The second kappa shape index (κ2) is 3.34. The fraction of sp³-hybridized carbons (Fsp3) is 0.667. The van der Waals surface area contributed by atoms with Crippen LogP contribution in [0.1, 0.15) is 6.42 Å². The number of fused-ring (bicyclic) bond motifs is 9. The van der Waals surface area contributed by atoms with Gasteiger partial charge in [-0.15, -0.1) is 23.2 Å². The molecule has 0 radical (unpaired) electrons. The van der Waals surface area contributed by atoms with Crippen LogP contribution in [0.2, 0.25) is 0 Å². The lowest BCUT2D eigenvalue weighted by Gasteiger charge is -2.37. The highest BCUT2D eigenvalue weighted by atomic mass is 35.5. The van der Waals surface area contributed by atoms with Crippen LogP contribution in [0.25, 0.3) is 0 Å². The summed E-state index contributed by atoms with van der Waals surface area (Å²) in [4.78, 5) is -2.13. The third-order valence-electron chi connectivity index (χ3n) is 5.12. The maximum Gasteiger partial charge on any atom is 0.166 e. The summed E-state index contributed by atoms with van der Waals surface area (Å²) in [6, 6.07) is 0. The van der Waals surface area contributed by atoms with Crippen LogP contribution >= 0.6 is 69.6 Å². The molecule has 4 bridgehead atoms. The van der Waals surface area contributed by atoms with E-state index in [0.29, 0.717) is 21.9 Å². The van der Waals surface area contributed by atoms with Crippen LogP contribution in [0.4, 0.5) is 0 Å². The Balaban J connectivity index is 2.03. The van der Waals surface area contributed by atoms with Crippen molar-refractivity contribution in [2.75, 3.05) is 0 Å². The molecule has 0 saturated heterocycles. The summed E-state index contributed by atoms with van der Waals surface area (Å²) < 4.78 is -1.37. The lowest BCUT2D eigenvalue weighted by molar-refractivity contribution is 0.305. The third kappa shape index (κ3) is 0.973. The van der Waals surface area contributed by atoms with E-state index in [2.05, 4.69) is 12.2 Å². The molecule has 0 aromatic carbocycles. The maximum absolute atomic E-state index is 6.76. The smallest absolute Gasteiger partial charge is 0.109 e. The molecule has 0 amide bonds. The van der Waals surface area contributed by atoms with Crippen molar-refractivity contribution in [3.63, 3.8) is 0 Å². The van der Waals surface area contributed by atoms with Crippen molar-refractivity contribution in [3.05, 3.63) is 22.2 Å². The Morgan fingerprint density at radius 3 is 1.61 bits per heavy atom. The number of halogens is 6. The van der Waals surface area contributed by atoms with Gasteiger partial charge >= 0.3 is 0 Å². The van der Waals surface area contributed by atoms with Gasteiger partial charge in [-0.25, -0.2) is 0 Å². The molecule has 4 aliphatic rings. The number of allylic oxidation sites excluding steroid dienone is 4. The first-order valence-corrected chi connectivity index (χ1v) is 8.05. The van der Waals surface area contributed by atoms with E-state index in [-0.39, 0.29) is 11.8 Å². The number of hydrogen-bond acceptors (Lipinski definition) is 0. The maximum atomic E-state index is 6.76. The summed E-state index contributed by atoms with van der Waals surface area (Å²) in [5.41, 5.74) is 0. The van der Waals surface area contributed by atoms with Crippen LogP contribution in [0.3, 0.4) is 0 Å². The average molecular weight is 377 g/mol. The third-order valence-corrected chi connectivity index (χ3v) is 9.42. The van der Waals surface area contributed by atoms with E-state index in [0.717, 1.165) is 6.42 Å². The fourth-order valence-electron chi connectivity index (χ4n) is 4.48. The second-order valence-electron chi connectivity index (χ2n) is 5.63. The van der Waals surface area contributed by atoms with Crippen molar-refractivity contribution in [2.45, 2.75) is 20.5 Å². The Morgan fingerprint density at radius 1 is 0.833 bits per heavy atom. The standard InChI is InChI=1S/C12H8Cl6/c13-8-9(14)11(16)7-5-2-1-4(3-5)6(7)10(8,15)12(11,17)18/h1-2,4-7H,3H2/t4-,5+,6-,7+,10-,11+/i1+1,2+1,3+1,4+1,5+1,6+1,7+1,8+1,9+1,10+1,11+1,12+1. The quantitative estimate of drug-likeness (QED) is 0.234. The van der Waals surface area contributed by atoms with Gasteiger partial charge in [0.25, 0.3) is 0 Å². The molecule has 0 N–H and O–H groups in total. The van der Waals surface area contributed by atoms with Gasteiger partial charge in [0, 0.05) is 0 Å². The summed E-state index contributed by atoms with van der Waals surface area (Å²) in [5.74, 6) is 0.815. The van der Waals surface area contributed by atoms with Gasteiger partial charge in [-0.3, -0.25) is 0 Å². The average Bonchev–Trinajstić information content (AvgIpc) is 2.97. The Kier molecular flexibility index (Phi) is 2.40. The molecule has 0 heterocycles. The Bertz CT molecular complexity index is 481. The minimum atomic E-state index is -1.37. The molecule has 4 rings (SSSR count). The van der Waals surface area contributed by atoms with Crippen molar-refractivity contribution in [3.8, 4) is 0 Å². The van der Waals surface area contributed by atoms with Crippen molar-refractivity contribution in [2.24, 2.45) is 23.7 Å². The lowest BCUT2D eigenvalue weighted by atomic mass is 10.7. The Morgan fingerprint density at radius 2 is 1.22 bits per heavy atom. The first-order chi connectivity index (χ1) is 8.28. The van der Waals surface area contributed by atoms with Crippen LogP contribution in [0, 0.1) is 23.7 Å². The molecule has 0 spiro atoms. The number of rotatable bonds is 0. The highest BCUT2D eigenvalue weighted by Crippen LogP contribution is 2.81. The molecular weight excluding hydrogens is 369 g/mol. The molecular formula is C12H8Cl6. The van der Waals surface area contributed by atoms with Gasteiger partial charge in [0.1, 0.15) is 9.75 Å². The molecule has 6 atom stereocenters. The zero-order chi connectivity index (χ0) is 13.1. The molecule has 2 saturated carbocycles. The first kappa shape index (κ1) is 12.9. The van der Waals surface area contributed by atoms with Crippen LogP contribution in [0.5, 0.6) is 0 Å². The Hall–Kier alpha value is 1.22. The summed E-state index contributed by atoms with van der Waals surface area (Å²) >= 11 is 39.2. The number of alkyl halides is 4. The van der Waals surface area contributed by atoms with Crippen LogP contribution in [-0.4, -0.2) is 14.1 Å². The molecule has 0 aliphatic heterocycles. The monoisotopic (exact) mass is 374 g/mol. The minimum absolute atomic E-state index is 0.0664. The van der Waals surface area contributed by atoms with E-state index in [9.17, 15) is 0 Å². The number of hydrogen-bond donors (Lipinski definition) is 0. The van der Waals surface area contributed by atoms with Gasteiger partial charge < -0.3 is 0 Å². The van der Waals surface area contributed by atoms with E-state index >= 15 is 0 Å². The second-order valence-corrected chi connectivity index (χ2v) is 8.90. The molecule has 2 fully saturated rings. The zero-order valence-corrected chi connectivity index (χ0v) is 13.5. The van der Waals surface area contributed by atoms with Gasteiger partial charge in [0.05, 0.1) is 10.1 Å². The van der Waals surface area contributed by atoms with Crippen molar-refractivity contribution < 1.29 is 0 Å². The molecule has 0 unspecified atom stereocenters. The predicted octanol–water partition coefficient (Wildman–Crippen LogP) is 5.27. The largest absolute Gasteiger partial charge is 0.166 e. The summed E-state index contributed by atoms with van der Waals surface area (Å²) in [5, 5.41) is 0.654. The molecule has 0 aromatic rings. The van der Waals surface area contributed by atoms with Gasteiger partial charge in [-0.2, -0.15) is 0 Å². The van der Waals surface area contributed by atoms with Crippen LogP contribution < -0.4 is 0 Å². The Labute approximate surface area is 135 Å². The highest BCUT2D eigenvalue weighted by molar-refractivity contribution is 6.65. The molecule has 98 valence electrons. The van der Waals surface area contributed by atoms with E-state index in [1.807, 2.05) is 0 Å². The van der Waals surface area contributed by atoms with Crippen molar-refractivity contribution in [1.29, 1.82) is 0 Å². The summed E-state index contributed by atoms with van der Waals surface area (Å²) in [6.45, 7) is 0. The van der Waals surface area contributed by atoms with Crippen molar-refractivity contribution >= 4 is 69.6 Å². The highest BCUT2D eigenvalue weighted by Gasteiger charge is 2.85. The molecule has 18 heavy (non-hydrogen) atoms. The fourth-order valence-corrected chi connectivity index (χ4v) is 7.61. The molecule has 4 aliphatic carbocycles. The molecule has 0 nitrogen and oxygen atoms in total. The predicted molar refractivity (Wildman–Crippen MR) is 78.1 cm³/mol. The lowest BCUT2D eigenvalue weighted by Crippen LogP contribution is -2.46. The normalized spacial score (nSPS) is 58.8. The SMILES string of the molecule is Cl[13C]1=[13C](Cl)[13C@]2(Cl)[13C@H]3[13C@H]([13C@H]4[13CH]=[13CH][13C@@H]3[13CH2]4)[13C@@]1(Cl)[13C]2(Cl)Cl. The van der Waals surface area contributed by atoms with Crippen molar-refractivity contribution in [1.82, 2.24) is 0 Å². The van der Waals surface area contributed by atoms with Gasteiger partial charge in [0.15, 0.2) is 4.33 Å². The summed E-state index contributed by atoms with van der Waals surface area (Å²) in [6.07, 6.45) is 5.40. The molecule has 6 heteroatoms. The van der Waals surface area contributed by atoms with E-state index in [1.165, 1.54) is 0 Å². The summed E-state index contributed by atoms with van der Waals surface area (Å²) in [7, 11) is 0. The van der Waals surface area contributed by atoms with E-state index in [1.54, 1.807) is 0 Å². The topological polar surface area (TPSA) is 0 Å². The van der Waals surface area contributed by atoms with E-state index in [4.69, 9.17) is 69.6 Å². The zero-order valence-electron chi connectivity index (χ0n) is 8.94. The van der Waals surface area contributed by atoms with Gasteiger partial charge in [-0.05, 0) is 30.1 Å². The minimum Gasteiger partial charge on any atom is -0.109 e. The van der Waals surface area contributed by atoms with Crippen LogP contribution in [0.15, 0.2) is 22.2 Å². The van der Waals surface area contributed by atoms with Gasteiger partial charge in [-0.1, -0.05) is 58.6 Å². The molecule has 0 aromatic heterocycles. The first-order valence-electron chi connectivity index (χ1n) is 5.78. The van der Waals surface area contributed by atoms with E-state index < -0.39 is 14.1 Å². The van der Waals surface area contributed by atoms with Gasteiger partial charge in [0.2, 0.25) is 0 Å². The van der Waals surface area contributed by atoms with Crippen LogP contribution in [-0.2, 0) is 0 Å².